The van der Waals surface area contributed by atoms with Crippen LogP contribution in [0.15, 0.2) is 0 Å². The van der Waals surface area contributed by atoms with Gasteiger partial charge >= 0.3 is 5.97 Å². The van der Waals surface area contributed by atoms with E-state index in [2.05, 4.69) is 11.8 Å². The van der Waals surface area contributed by atoms with Crippen molar-refractivity contribution < 1.29 is 14.9 Å². The van der Waals surface area contributed by atoms with Gasteiger partial charge in [-0.2, -0.15) is 5.26 Å². The first kappa shape index (κ1) is 25.2. The van der Waals surface area contributed by atoms with Gasteiger partial charge in [-0.1, -0.05) is 96.8 Å². The summed E-state index contributed by atoms with van der Waals surface area (Å²) in [6.45, 7) is 2.27. The van der Waals surface area contributed by atoms with E-state index >= 15 is 0 Å². The Morgan fingerprint density at radius 3 is 1.32 bits per heavy atom. The van der Waals surface area contributed by atoms with Crippen LogP contribution < -0.4 is 0 Å². The maximum absolute atomic E-state index is 10.7. The van der Waals surface area contributed by atoms with Crippen LogP contribution in [-0.4, -0.2) is 56.7 Å². The summed E-state index contributed by atoms with van der Waals surface area (Å²) < 4.78 is 0. The maximum atomic E-state index is 10.7. The zero-order valence-electron chi connectivity index (χ0n) is 14.8. The molecule has 0 saturated carbocycles. The number of hydrogen-bond donors (Lipinski definition) is 1. The molecule has 0 aliphatic rings. The Balaban J connectivity index is 0. The monoisotopic (exact) mass is 388 g/mol. The minimum absolute atomic E-state index is 0. The summed E-state index contributed by atoms with van der Waals surface area (Å²) in [6, 6.07) is 0. The Morgan fingerprint density at radius 2 is 1.00 bits per heavy atom. The van der Waals surface area contributed by atoms with E-state index < -0.39 is 5.97 Å². The van der Waals surface area contributed by atoms with Crippen LogP contribution in [0.5, 0.6) is 0 Å². The first-order valence-electron chi connectivity index (χ1n) is 9.15. The molecule has 0 spiro atoms. The van der Waals surface area contributed by atoms with E-state index in [1.807, 2.05) is 0 Å². The number of rotatable bonds is 16. The van der Waals surface area contributed by atoms with Gasteiger partial charge in [-0.05, 0) is 6.42 Å². The first-order valence-corrected chi connectivity index (χ1v) is 9.15. The Kier molecular flexibility index (Phi) is 25.1. The van der Waals surface area contributed by atoms with Crippen molar-refractivity contribution in [2.75, 3.05) is 0 Å². The summed E-state index contributed by atoms with van der Waals surface area (Å²) in [4.78, 5) is 14.3. The van der Waals surface area contributed by atoms with Gasteiger partial charge in [0.25, 0.3) is 0 Å². The van der Waals surface area contributed by atoms with E-state index in [9.17, 15) is 4.79 Å². The summed E-state index contributed by atoms with van der Waals surface area (Å²) in [5.41, 5.74) is 0. The fourth-order valence-electron chi connectivity index (χ4n) is 2.69. The van der Waals surface area contributed by atoms with Gasteiger partial charge in [0, 0.05) is 51.9 Å². The van der Waals surface area contributed by atoms with Crippen molar-refractivity contribution in [1.29, 1.82) is 0 Å². The fourth-order valence-corrected chi connectivity index (χ4v) is 2.69. The van der Waals surface area contributed by atoms with E-state index in [0.29, 0.717) is 6.42 Å². The molecule has 0 aromatic heterocycles. The molecule has 0 aromatic rings. The molecular weight excluding hydrogens is 352 g/mol. The molecule has 0 amide bonds. The maximum Gasteiger partial charge on any atom is 0.342 e. The van der Waals surface area contributed by atoms with E-state index in [0.717, 1.165) is 12.8 Å². The summed E-state index contributed by atoms with van der Waals surface area (Å²) in [7, 11) is 0. The third-order valence-corrected chi connectivity index (χ3v) is 4.09. The Hall–Kier alpha value is 0.911. The number of unbranched alkanes of at least 4 members (excludes halogenated alkanes) is 14. The summed E-state index contributed by atoms with van der Waals surface area (Å²) >= 11 is 0. The third kappa shape index (κ3) is 20.9. The molecule has 128 valence electrons. The number of carbonyl (C=O) groups excluding carboxylic acids is 1. The number of hydrogen-bond acceptors (Lipinski definition) is 3. The fraction of sp³-hybridized carbons (Fsp3) is 0.944. The Bertz CT molecular complexity index is 222. The molecule has 0 heterocycles. The van der Waals surface area contributed by atoms with Crippen molar-refractivity contribution in [3.05, 3.63) is 0 Å². The van der Waals surface area contributed by atoms with Crippen molar-refractivity contribution in [1.82, 2.24) is 0 Å². The van der Waals surface area contributed by atoms with Gasteiger partial charge < -0.3 is 4.89 Å². The van der Waals surface area contributed by atoms with Gasteiger partial charge in [-0.15, -0.1) is 0 Å². The van der Waals surface area contributed by atoms with Gasteiger partial charge in [0.15, 0.2) is 0 Å². The van der Waals surface area contributed by atoms with Gasteiger partial charge in [0.1, 0.15) is 0 Å². The second-order valence-corrected chi connectivity index (χ2v) is 6.16. The molecule has 0 saturated heterocycles. The summed E-state index contributed by atoms with van der Waals surface area (Å²) in [5.74, 6) is -0.510. The zero-order chi connectivity index (χ0) is 15.6. The van der Waals surface area contributed by atoms with E-state index in [4.69, 9.17) is 5.26 Å². The molecule has 0 bridgehead atoms. The van der Waals surface area contributed by atoms with Gasteiger partial charge in [-0.25, -0.2) is 4.79 Å². The van der Waals surface area contributed by atoms with Crippen LogP contribution >= 0.6 is 0 Å². The molecule has 2 radical (unpaired) electrons. The van der Waals surface area contributed by atoms with Crippen LogP contribution in [-0.2, 0) is 9.68 Å². The Labute approximate surface area is 174 Å². The van der Waals surface area contributed by atoms with Gasteiger partial charge in [-0.3, -0.25) is 0 Å². The molecule has 0 atom stereocenters. The SMILES string of the molecule is CCCCCCCCCCCCCCCCCC(=O)OO.[Sr]. The molecule has 0 rings (SSSR count). The van der Waals surface area contributed by atoms with Crippen LogP contribution in [0.25, 0.3) is 0 Å². The van der Waals surface area contributed by atoms with E-state index in [1.165, 1.54) is 83.5 Å². The second kappa shape index (κ2) is 21.9. The second-order valence-electron chi connectivity index (χ2n) is 6.16. The molecular formula is C18H36O3Sr. The zero-order valence-corrected chi connectivity index (χ0v) is 18.3. The standard InChI is InChI=1S/C18H36O3.Sr/c1-2-3-4-5-6-7-8-9-10-11-12-13-14-15-16-17-18(19)21-20;/h20H,2-17H2,1H3;. The third-order valence-electron chi connectivity index (χ3n) is 4.09. The molecule has 1 N–H and O–H groups in total. The minimum atomic E-state index is -0.510. The van der Waals surface area contributed by atoms with Crippen LogP contribution in [0.4, 0.5) is 0 Å². The smallest absolute Gasteiger partial charge is 0.301 e. The summed E-state index contributed by atoms with van der Waals surface area (Å²) in [5, 5.41) is 8.10. The van der Waals surface area contributed by atoms with Crippen LogP contribution in [0.3, 0.4) is 0 Å². The predicted molar refractivity (Wildman–Crippen MR) is 94.0 cm³/mol. The van der Waals surface area contributed by atoms with Crippen LogP contribution in [0.1, 0.15) is 110 Å². The average molecular weight is 388 g/mol. The van der Waals surface area contributed by atoms with Gasteiger partial charge in [0.05, 0.1) is 0 Å². The molecule has 3 nitrogen and oxygen atoms in total. The van der Waals surface area contributed by atoms with E-state index in [-0.39, 0.29) is 45.5 Å². The van der Waals surface area contributed by atoms with Crippen molar-refractivity contribution in [3.63, 3.8) is 0 Å². The quantitative estimate of drug-likeness (QED) is 0.155. The minimum Gasteiger partial charge on any atom is -0.301 e. The number of carbonyl (C=O) groups is 1. The van der Waals surface area contributed by atoms with Gasteiger partial charge in [0.2, 0.25) is 0 Å². The first-order chi connectivity index (χ1) is 10.3. The Morgan fingerprint density at radius 1 is 0.682 bits per heavy atom. The molecule has 22 heavy (non-hydrogen) atoms. The van der Waals surface area contributed by atoms with Crippen molar-refractivity contribution >= 4 is 51.5 Å². The molecule has 0 unspecified atom stereocenters. The van der Waals surface area contributed by atoms with Crippen molar-refractivity contribution in [2.45, 2.75) is 110 Å². The largest absolute Gasteiger partial charge is 0.342 e. The van der Waals surface area contributed by atoms with Crippen LogP contribution in [0, 0.1) is 0 Å². The average Bonchev–Trinajstić information content (AvgIpc) is 2.50. The molecule has 4 heteroatoms. The molecule has 0 aromatic carbocycles. The predicted octanol–water partition coefficient (Wildman–Crippen LogP) is 5.88. The van der Waals surface area contributed by atoms with E-state index in [1.54, 1.807) is 0 Å². The molecule has 0 fully saturated rings. The molecule has 0 aliphatic heterocycles. The molecule has 0 aliphatic carbocycles. The normalized spacial score (nSPS) is 10.3. The summed E-state index contributed by atoms with van der Waals surface area (Å²) in [6.07, 6.45) is 20.0. The van der Waals surface area contributed by atoms with Crippen LogP contribution in [0.2, 0.25) is 0 Å². The topological polar surface area (TPSA) is 46.5 Å². The van der Waals surface area contributed by atoms with Crippen molar-refractivity contribution in [2.24, 2.45) is 0 Å². The van der Waals surface area contributed by atoms with Crippen molar-refractivity contribution in [3.8, 4) is 0 Å².